The van der Waals surface area contributed by atoms with Gasteiger partial charge in [-0.25, -0.2) is 9.13 Å². The van der Waals surface area contributed by atoms with E-state index < -0.39 is 78.4 Å². The van der Waals surface area contributed by atoms with E-state index in [1.165, 1.54) is 38.5 Å². The fourth-order valence-corrected chi connectivity index (χ4v) is 6.80. The van der Waals surface area contributed by atoms with Gasteiger partial charge in [-0.3, -0.25) is 23.2 Å². The summed E-state index contributed by atoms with van der Waals surface area (Å²) in [6.07, 6.45) is 19.6. The average molecular weight is 847 g/mol. The van der Waals surface area contributed by atoms with Gasteiger partial charge in [-0.05, 0) is 44.4 Å². The molecule has 0 saturated heterocycles. The van der Waals surface area contributed by atoms with Gasteiger partial charge in [0.15, 0.2) is 6.10 Å². The van der Waals surface area contributed by atoms with Gasteiger partial charge in [-0.2, -0.15) is 0 Å². The van der Waals surface area contributed by atoms with E-state index >= 15 is 0 Å². The molecule has 0 amide bonds. The summed E-state index contributed by atoms with van der Waals surface area (Å²) in [5.74, 6) is -0.365. The first-order valence-corrected chi connectivity index (χ1v) is 24.0. The van der Waals surface area contributed by atoms with Crippen molar-refractivity contribution < 1.29 is 71.8 Å². The Kier molecular flexibility index (Phi) is 33.9. The zero-order chi connectivity index (χ0) is 42.1. The molecule has 0 aliphatic heterocycles. The van der Waals surface area contributed by atoms with Crippen LogP contribution in [0.4, 0.5) is 0 Å². The van der Waals surface area contributed by atoms with Gasteiger partial charge in [-0.1, -0.05) is 129 Å². The Morgan fingerprint density at radius 3 is 1.73 bits per heavy atom. The Morgan fingerprint density at radius 1 is 0.607 bits per heavy atom. The van der Waals surface area contributed by atoms with Crippen molar-refractivity contribution in [1.82, 2.24) is 0 Å². The molecule has 6 N–H and O–H groups in total. The van der Waals surface area contributed by atoms with E-state index in [9.17, 15) is 38.9 Å². The number of unbranched alkanes of at least 4 members (excludes halogenated alkanes) is 14. The van der Waals surface area contributed by atoms with Crippen LogP contribution < -0.4 is 0 Å². The lowest BCUT2D eigenvalue weighted by molar-refractivity contribution is -0.161. The molecular formula is C39H76O15P2. The lowest BCUT2D eigenvalue weighted by Gasteiger charge is -2.20. The highest BCUT2D eigenvalue weighted by Crippen LogP contribution is 2.43. The Morgan fingerprint density at radius 2 is 1.14 bits per heavy atom. The van der Waals surface area contributed by atoms with Crippen LogP contribution in [0.25, 0.3) is 0 Å². The minimum atomic E-state index is -4.88. The third-order valence-electron chi connectivity index (χ3n) is 9.39. The minimum absolute atomic E-state index is 0.0987. The van der Waals surface area contributed by atoms with Crippen LogP contribution in [0.1, 0.15) is 168 Å². The fourth-order valence-electron chi connectivity index (χ4n) is 5.64. The molecule has 0 aromatic carbocycles. The highest BCUT2D eigenvalue weighted by Gasteiger charge is 2.28. The standard InChI is InChI=1S/C39H76O15P2/c1-4-6-7-8-15-20-25-36(41)37(42)26-21-16-13-18-22-27-38(43)50-31-35(32-53-56(48,49)52-30-34(40)29-51-55(45,46)47)54-39(44)28-23-17-12-10-9-11-14-19-24-33(3)5-2/h15,20,33-37,40-42H,4-14,16-19,21-32H2,1-3H3,(H,48,49)(H2,45,46,47)/b20-15-/t33?,34-,35+,36+,37+/m0/s1. The van der Waals surface area contributed by atoms with E-state index in [4.69, 9.17) is 23.8 Å². The van der Waals surface area contributed by atoms with Gasteiger partial charge in [0, 0.05) is 12.8 Å². The summed E-state index contributed by atoms with van der Waals surface area (Å²) in [5.41, 5.74) is 0. The number of carbonyl (C=O) groups excluding carboxylic acids is 2. The number of allylic oxidation sites excluding steroid dienone is 1. The van der Waals surface area contributed by atoms with Crippen molar-refractivity contribution in [3.63, 3.8) is 0 Å². The number of phosphoric ester groups is 2. The van der Waals surface area contributed by atoms with E-state index in [0.717, 1.165) is 76.5 Å². The Balaban J connectivity index is 4.64. The molecular weight excluding hydrogens is 770 g/mol. The van der Waals surface area contributed by atoms with Gasteiger partial charge in [0.05, 0.1) is 32.0 Å². The quantitative estimate of drug-likeness (QED) is 0.0149. The van der Waals surface area contributed by atoms with E-state index in [1.54, 1.807) is 0 Å². The van der Waals surface area contributed by atoms with Crippen LogP contribution in [0.2, 0.25) is 0 Å². The molecule has 17 heteroatoms. The number of rotatable bonds is 39. The van der Waals surface area contributed by atoms with Crippen LogP contribution in [-0.2, 0) is 41.8 Å². The summed E-state index contributed by atoms with van der Waals surface area (Å²) in [4.78, 5) is 52.6. The average Bonchev–Trinajstić information content (AvgIpc) is 3.15. The van der Waals surface area contributed by atoms with Crippen LogP contribution in [0.3, 0.4) is 0 Å². The third kappa shape index (κ3) is 35.9. The number of esters is 2. The Hall–Kier alpha value is -1.22. The van der Waals surface area contributed by atoms with Crippen molar-refractivity contribution in [3.05, 3.63) is 12.2 Å². The van der Waals surface area contributed by atoms with Crippen molar-refractivity contribution in [3.8, 4) is 0 Å². The van der Waals surface area contributed by atoms with Gasteiger partial charge in [0.1, 0.15) is 12.7 Å². The molecule has 0 aliphatic rings. The summed E-state index contributed by atoms with van der Waals surface area (Å²) >= 11 is 0. The van der Waals surface area contributed by atoms with Gasteiger partial charge < -0.3 is 39.5 Å². The molecule has 0 aliphatic carbocycles. The Bertz CT molecular complexity index is 1100. The maximum Gasteiger partial charge on any atom is 0.472 e. The molecule has 2 unspecified atom stereocenters. The predicted octanol–water partition coefficient (Wildman–Crippen LogP) is 7.97. The second kappa shape index (κ2) is 34.6. The lowest BCUT2D eigenvalue weighted by Crippen LogP contribution is -2.30. The molecule has 0 rings (SSSR count). The van der Waals surface area contributed by atoms with Crippen molar-refractivity contribution in [2.24, 2.45) is 5.92 Å². The van der Waals surface area contributed by atoms with Crippen molar-refractivity contribution in [2.45, 2.75) is 193 Å². The van der Waals surface area contributed by atoms with Crippen molar-refractivity contribution in [1.29, 1.82) is 0 Å². The van der Waals surface area contributed by atoms with Crippen molar-refractivity contribution in [2.75, 3.05) is 26.4 Å². The van der Waals surface area contributed by atoms with Crippen LogP contribution in [0, 0.1) is 5.92 Å². The van der Waals surface area contributed by atoms with Gasteiger partial charge in [0.25, 0.3) is 0 Å². The summed E-state index contributed by atoms with van der Waals surface area (Å²) in [7, 11) is -9.71. The number of carbonyl (C=O) groups is 2. The van der Waals surface area contributed by atoms with E-state index in [1.807, 2.05) is 6.08 Å². The highest BCUT2D eigenvalue weighted by atomic mass is 31.2. The second-order valence-corrected chi connectivity index (χ2v) is 17.5. The first-order chi connectivity index (χ1) is 26.6. The van der Waals surface area contributed by atoms with Crippen LogP contribution in [0.15, 0.2) is 12.2 Å². The predicted molar refractivity (Wildman–Crippen MR) is 214 cm³/mol. The number of aliphatic hydroxyl groups excluding tert-OH is 3. The van der Waals surface area contributed by atoms with Crippen LogP contribution >= 0.6 is 15.6 Å². The molecule has 332 valence electrons. The van der Waals surface area contributed by atoms with E-state index in [-0.39, 0.29) is 12.8 Å². The minimum Gasteiger partial charge on any atom is -0.462 e. The second-order valence-electron chi connectivity index (χ2n) is 14.8. The molecule has 6 atom stereocenters. The highest BCUT2D eigenvalue weighted by molar-refractivity contribution is 7.47. The normalized spacial score (nSPS) is 15.9. The SMILES string of the molecule is CCCCC/C=C\C[C@@H](O)[C@H](O)CCCCCCCC(=O)OC[C@H](COP(=O)(O)OC[C@@H](O)COP(=O)(O)O)OC(=O)CCCCCCCCCCC(C)CC. The maximum atomic E-state index is 12.6. The number of hydrogen-bond acceptors (Lipinski definition) is 12. The molecule has 15 nitrogen and oxygen atoms in total. The Labute approximate surface area is 336 Å². The molecule has 56 heavy (non-hydrogen) atoms. The number of hydrogen-bond donors (Lipinski definition) is 6. The first kappa shape index (κ1) is 54.8. The monoisotopic (exact) mass is 846 g/mol. The molecule has 0 radical (unpaired) electrons. The number of aliphatic hydroxyl groups is 3. The van der Waals surface area contributed by atoms with E-state index in [2.05, 4.69) is 35.9 Å². The molecule has 0 bridgehead atoms. The zero-order valence-electron chi connectivity index (χ0n) is 34.4. The fraction of sp³-hybridized carbons (Fsp3) is 0.897. The van der Waals surface area contributed by atoms with Gasteiger partial charge in [0.2, 0.25) is 0 Å². The van der Waals surface area contributed by atoms with Gasteiger partial charge >= 0.3 is 27.6 Å². The third-order valence-corrected chi connectivity index (χ3v) is 10.8. The number of ether oxygens (including phenoxy) is 2. The summed E-state index contributed by atoms with van der Waals surface area (Å²) in [6, 6.07) is 0. The molecule has 0 heterocycles. The van der Waals surface area contributed by atoms with Crippen LogP contribution in [0.5, 0.6) is 0 Å². The maximum absolute atomic E-state index is 12.6. The van der Waals surface area contributed by atoms with Gasteiger partial charge in [-0.15, -0.1) is 0 Å². The molecule has 0 fully saturated rings. The van der Waals surface area contributed by atoms with E-state index in [0.29, 0.717) is 25.7 Å². The summed E-state index contributed by atoms with van der Waals surface area (Å²) in [6.45, 7) is 3.81. The number of phosphoric acid groups is 2. The summed E-state index contributed by atoms with van der Waals surface area (Å²) in [5, 5.41) is 30.1. The largest absolute Gasteiger partial charge is 0.472 e. The zero-order valence-corrected chi connectivity index (χ0v) is 36.2. The van der Waals surface area contributed by atoms with Crippen molar-refractivity contribution >= 4 is 27.6 Å². The lowest BCUT2D eigenvalue weighted by atomic mass is 9.99. The van der Waals surface area contributed by atoms with Crippen LogP contribution in [-0.4, -0.2) is 92.8 Å². The topological polar surface area (TPSA) is 236 Å². The molecule has 0 aromatic heterocycles. The first-order valence-electron chi connectivity index (χ1n) is 20.9. The molecule has 0 spiro atoms. The molecule has 0 saturated carbocycles. The smallest absolute Gasteiger partial charge is 0.462 e. The summed E-state index contributed by atoms with van der Waals surface area (Å²) < 4.78 is 47.6. The molecule has 0 aromatic rings.